The van der Waals surface area contributed by atoms with E-state index < -0.39 is 15.7 Å². The zero-order valence-corrected chi connectivity index (χ0v) is 18.4. The van der Waals surface area contributed by atoms with Crippen molar-refractivity contribution in [2.45, 2.75) is 29.8 Å². The highest BCUT2D eigenvalue weighted by atomic mass is 32.2. The van der Waals surface area contributed by atoms with E-state index >= 15 is 0 Å². The van der Waals surface area contributed by atoms with Gasteiger partial charge < -0.3 is 9.47 Å². The summed E-state index contributed by atoms with van der Waals surface area (Å²) in [7, 11) is -3.88. The fourth-order valence-corrected chi connectivity index (χ4v) is 5.20. The van der Waals surface area contributed by atoms with Gasteiger partial charge in [0.1, 0.15) is 12.4 Å². The van der Waals surface area contributed by atoms with Gasteiger partial charge in [-0.25, -0.2) is 12.8 Å². The number of sulfone groups is 1. The average molecular weight is 451 g/mol. The molecule has 0 bridgehead atoms. The molecule has 1 aromatic heterocycles. The number of rotatable bonds is 7. The zero-order chi connectivity index (χ0) is 22.7. The molecule has 0 saturated heterocycles. The SMILES string of the molecule is CCN(Cc1ccccc1)C(=O)Cn1cc(S(=O)(=O)c2ccc(F)cc2)c2ccccc21. The summed E-state index contributed by atoms with van der Waals surface area (Å²) in [6.45, 7) is 2.95. The summed E-state index contributed by atoms with van der Waals surface area (Å²) in [5.41, 5.74) is 1.68. The lowest BCUT2D eigenvalue weighted by atomic mass is 10.2. The van der Waals surface area contributed by atoms with E-state index in [9.17, 15) is 17.6 Å². The molecule has 0 radical (unpaired) electrons. The number of carbonyl (C=O) groups is 1. The summed E-state index contributed by atoms with van der Waals surface area (Å²) in [5.74, 6) is -0.613. The molecule has 0 aliphatic heterocycles. The molecule has 0 fully saturated rings. The number of halogens is 1. The number of likely N-dealkylation sites (N-methyl/N-ethyl adjacent to an activating group) is 1. The minimum Gasteiger partial charge on any atom is -0.337 e. The van der Waals surface area contributed by atoms with Crippen LogP contribution < -0.4 is 0 Å². The summed E-state index contributed by atoms with van der Waals surface area (Å²) < 4.78 is 41.5. The van der Waals surface area contributed by atoms with Gasteiger partial charge in [-0.3, -0.25) is 4.79 Å². The van der Waals surface area contributed by atoms with Gasteiger partial charge in [0.15, 0.2) is 0 Å². The number of aromatic nitrogens is 1. The fraction of sp³-hybridized carbons (Fsp3) is 0.160. The number of fused-ring (bicyclic) bond motifs is 1. The van der Waals surface area contributed by atoms with Gasteiger partial charge >= 0.3 is 0 Å². The third kappa shape index (κ3) is 4.29. The average Bonchev–Trinajstić information content (AvgIpc) is 3.17. The van der Waals surface area contributed by atoms with Crippen molar-refractivity contribution < 1.29 is 17.6 Å². The van der Waals surface area contributed by atoms with E-state index in [-0.39, 0.29) is 22.2 Å². The molecule has 0 unspecified atom stereocenters. The molecule has 164 valence electrons. The van der Waals surface area contributed by atoms with Gasteiger partial charge in [0, 0.05) is 30.2 Å². The maximum Gasteiger partial charge on any atom is 0.242 e. The molecule has 0 N–H and O–H groups in total. The number of amides is 1. The highest BCUT2D eigenvalue weighted by Crippen LogP contribution is 2.30. The quantitative estimate of drug-likeness (QED) is 0.385. The Labute approximate surface area is 186 Å². The third-order valence-electron chi connectivity index (χ3n) is 5.42. The van der Waals surface area contributed by atoms with Gasteiger partial charge in [0.25, 0.3) is 0 Å². The normalized spacial score (nSPS) is 11.6. The van der Waals surface area contributed by atoms with Gasteiger partial charge in [0.2, 0.25) is 15.7 Å². The molecule has 0 saturated carbocycles. The van der Waals surface area contributed by atoms with Crippen LogP contribution in [-0.4, -0.2) is 30.3 Å². The summed E-state index contributed by atoms with van der Waals surface area (Å²) in [5, 5.41) is 0.524. The van der Waals surface area contributed by atoms with Gasteiger partial charge in [-0.1, -0.05) is 48.5 Å². The van der Waals surface area contributed by atoms with Gasteiger partial charge in [0.05, 0.1) is 9.79 Å². The topological polar surface area (TPSA) is 59.4 Å². The second-order valence-corrected chi connectivity index (χ2v) is 9.41. The molecule has 0 aliphatic carbocycles. The predicted octanol–water partition coefficient (Wildman–Crippen LogP) is 4.66. The lowest BCUT2D eigenvalue weighted by Crippen LogP contribution is -2.33. The van der Waals surface area contributed by atoms with E-state index in [1.165, 1.54) is 18.3 Å². The molecule has 4 aromatic rings. The Morgan fingerprint density at radius 2 is 1.59 bits per heavy atom. The van der Waals surface area contributed by atoms with Crippen LogP contribution in [0.4, 0.5) is 4.39 Å². The molecule has 1 amide bonds. The van der Waals surface area contributed by atoms with E-state index in [1.807, 2.05) is 37.3 Å². The molecule has 32 heavy (non-hydrogen) atoms. The molecule has 4 rings (SSSR count). The highest BCUT2D eigenvalue weighted by molar-refractivity contribution is 7.91. The molecule has 1 heterocycles. The Hall–Kier alpha value is -3.45. The van der Waals surface area contributed by atoms with Gasteiger partial charge in [-0.2, -0.15) is 0 Å². The standard InChI is InChI=1S/C25H23FN2O3S/c1-2-27(16-19-8-4-3-5-9-19)25(29)18-28-17-24(22-10-6-7-11-23(22)28)32(30,31)21-14-12-20(26)13-15-21/h3-15,17H,2,16,18H2,1H3. The largest absolute Gasteiger partial charge is 0.337 e. The van der Waals surface area contributed by atoms with Crippen LogP contribution in [0.2, 0.25) is 0 Å². The number of nitrogens with zero attached hydrogens (tertiary/aromatic N) is 2. The molecule has 0 aliphatic rings. The van der Waals surface area contributed by atoms with Crippen molar-refractivity contribution in [1.82, 2.24) is 9.47 Å². The lowest BCUT2D eigenvalue weighted by Gasteiger charge is -2.21. The van der Waals surface area contributed by atoms with Crippen LogP contribution in [0.3, 0.4) is 0 Å². The fourth-order valence-electron chi connectivity index (χ4n) is 3.72. The molecular formula is C25H23FN2O3S. The molecule has 5 nitrogen and oxygen atoms in total. The van der Waals surface area contributed by atoms with Crippen LogP contribution in [0.1, 0.15) is 12.5 Å². The van der Waals surface area contributed by atoms with Crippen molar-refractivity contribution in [3.8, 4) is 0 Å². The number of hydrogen-bond acceptors (Lipinski definition) is 3. The van der Waals surface area contributed by atoms with Crippen LogP contribution in [0.5, 0.6) is 0 Å². The van der Waals surface area contributed by atoms with Crippen LogP contribution in [0, 0.1) is 5.82 Å². The van der Waals surface area contributed by atoms with Crippen LogP contribution >= 0.6 is 0 Å². The minimum absolute atomic E-state index is 0.00684. The first kappa shape index (κ1) is 21.8. The second kappa shape index (κ2) is 8.96. The van der Waals surface area contributed by atoms with E-state index in [0.717, 1.165) is 17.7 Å². The highest BCUT2D eigenvalue weighted by Gasteiger charge is 2.24. The molecular weight excluding hydrogens is 427 g/mol. The van der Waals surface area contributed by atoms with E-state index in [1.54, 1.807) is 33.7 Å². The van der Waals surface area contributed by atoms with Crippen molar-refractivity contribution in [2.75, 3.05) is 6.54 Å². The molecule has 0 atom stereocenters. The van der Waals surface area contributed by atoms with Crippen LogP contribution in [0.15, 0.2) is 94.9 Å². The van der Waals surface area contributed by atoms with Crippen molar-refractivity contribution in [3.63, 3.8) is 0 Å². The van der Waals surface area contributed by atoms with E-state index in [2.05, 4.69) is 0 Å². The Balaban J connectivity index is 1.68. The first-order valence-corrected chi connectivity index (χ1v) is 11.8. The Bertz CT molecular complexity index is 1350. The van der Waals surface area contributed by atoms with Gasteiger partial charge in [-0.05, 0) is 42.8 Å². The van der Waals surface area contributed by atoms with Crippen molar-refractivity contribution in [1.29, 1.82) is 0 Å². The number of hydrogen-bond donors (Lipinski definition) is 0. The van der Waals surface area contributed by atoms with Crippen molar-refractivity contribution >= 4 is 26.6 Å². The number of benzene rings is 3. The zero-order valence-electron chi connectivity index (χ0n) is 17.6. The van der Waals surface area contributed by atoms with E-state index in [0.29, 0.717) is 24.0 Å². The smallest absolute Gasteiger partial charge is 0.242 e. The molecule has 3 aromatic carbocycles. The maximum absolute atomic E-state index is 13.3. The first-order chi connectivity index (χ1) is 15.4. The number of carbonyl (C=O) groups excluding carboxylic acids is 1. The van der Waals surface area contributed by atoms with E-state index in [4.69, 9.17) is 0 Å². The molecule has 0 spiro atoms. The third-order valence-corrected chi connectivity index (χ3v) is 7.22. The number of para-hydroxylation sites is 1. The van der Waals surface area contributed by atoms with Crippen LogP contribution in [0.25, 0.3) is 10.9 Å². The van der Waals surface area contributed by atoms with Crippen molar-refractivity contribution in [2.24, 2.45) is 0 Å². The summed E-state index contributed by atoms with van der Waals surface area (Å²) in [6.07, 6.45) is 1.50. The Morgan fingerprint density at radius 1 is 0.938 bits per heavy atom. The van der Waals surface area contributed by atoms with Crippen LogP contribution in [-0.2, 0) is 27.7 Å². The maximum atomic E-state index is 13.3. The predicted molar refractivity (Wildman–Crippen MR) is 121 cm³/mol. The van der Waals surface area contributed by atoms with Gasteiger partial charge in [-0.15, -0.1) is 0 Å². The summed E-state index contributed by atoms with van der Waals surface area (Å²) in [6, 6.07) is 21.5. The monoisotopic (exact) mass is 450 g/mol. The molecule has 7 heteroatoms. The summed E-state index contributed by atoms with van der Waals surface area (Å²) in [4.78, 5) is 14.9. The second-order valence-electron chi connectivity index (χ2n) is 7.49. The summed E-state index contributed by atoms with van der Waals surface area (Å²) >= 11 is 0. The Morgan fingerprint density at radius 3 is 2.28 bits per heavy atom. The van der Waals surface area contributed by atoms with Crippen molar-refractivity contribution in [3.05, 3.63) is 96.4 Å². The first-order valence-electron chi connectivity index (χ1n) is 10.3. The minimum atomic E-state index is -3.88. The Kier molecular flexibility index (Phi) is 6.10. The lowest BCUT2D eigenvalue weighted by molar-refractivity contribution is -0.132.